The summed E-state index contributed by atoms with van der Waals surface area (Å²) in [7, 11) is 1.58. The molecule has 2 aromatic carbocycles. The van der Waals surface area contributed by atoms with E-state index in [0.717, 1.165) is 9.32 Å². The number of hydrogen-bond acceptors (Lipinski definition) is 3. The molecule has 0 aliphatic carbocycles. The highest BCUT2D eigenvalue weighted by Crippen LogP contribution is 2.37. The zero-order valence-corrected chi connectivity index (χ0v) is 12.9. The Kier molecular flexibility index (Phi) is 4.66. The van der Waals surface area contributed by atoms with E-state index < -0.39 is 6.10 Å². The number of halogens is 1. The molecule has 0 fully saturated rings. The minimum absolute atomic E-state index is 0.610. The van der Waals surface area contributed by atoms with Crippen molar-refractivity contribution in [3.8, 4) is 17.2 Å². The maximum atomic E-state index is 9.90. The number of ether oxygens (including phenoxy) is 2. The first-order valence-corrected chi connectivity index (χ1v) is 6.98. The van der Waals surface area contributed by atoms with Crippen LogP contribution in [-0.2, 0) is 0 Å². The maximum Gasteiger partial charge on any atom is 0.140 e. The van der Waals surface area contributed by atoms with Gasteiger partial charge < -0.3 is 14.6 Å². The van der Waals surface area contributed by atoms with Gasteiger partial charge in [-0.25, -0.2) is 0 Å². The van der Waals surface area contributed by atoms with Gasteiger partial charge in [0.15, 0.2) is 0 Å². The van der Waals surface area contributed by atoms with Crippen LogP contribution in [0.5, 0.6) is 17.2 Å². The molecule has 19 heavy (non-hydrogen) atoms. The number of hydrogen-bond donors (Lipinski definition) is 1. The van der Waals surface area contributed by atoms with Gasteiger partial charge in [0.05, 0.1) is 22.3 Å². The van der Waals surface area contributed by atoms with Crippen molar-refractivity contribution in [3.63, 3.8) is 0 Å². The third-order valence-electron chi connectivity index (χ3n) is 2.72. The SMILES string of the molecule is COc1cccc(Oc2ccccc2I)c1[C@@H](C)O. The first-order valence-electron chi connectivity index (χ1n) is 5.91. The lowest BCUT2D eigenvalue weighted by Crippen LogP contribution is -2.00. The summed E-state index contributed by atoms with van der Waals surface area (Å²) in [4.78, 5) is 0. The van der Waals surface area contributed by atoms with Crippen molar-refractivity contribution in [2.75, 3.05) is 7.11 Å². The summed E-state index contributed by atoms with van der Waals surface area (Å²) >= 11 is 2.22. The van der Waals surface area contributed by atoms with Gasteiger partial charge in [-0.2, -0.15) is 0 Å². The van der Waals surface area contributed by atoms with Crippen molar-refractivity contribution < 1.29 is 14.6 Å². The predicted molar refractivity (Wildman–Crippen MR) is 82.9 cm³/mol. The summed E-state index contributed by atoms with van der Waals surface area (Å²) in [6.45, 7) is 1.70. The van der Waals surface area contributed by atoms with Crippen LogP contribution in [0, 0.1) is 3.57 Å². The van der Waals surface area contributed by atoms with Gasteiger partial charge in [-0.3, -0.25) is 0 Å². The average molecular weight is 370 g/mol. The second kappa shape index (κ2) is 6.25. The number of aliphatic hydroxyl groups is 1. The summed E-state index contributed by atoms with van der Waals surface area (Å²) in [5, 5.41) is 9.90. The second-order valence-electron chi connectivity index (χ2n) is 4.08. The van der Waals surface area contributed by atoms with Crippen LogP contribution < -0.4 is 9.47 Å². The summed E-state index contributed by atoms with van der Waals surface area (Å²) in [6.07, 6.45) is -0.660. The van der Waals surface area contributed by atoms with Crippen molar-refractivity contribution in [1.82, 2.24) is 0 Å². The lowest BCUT2D eigenvalue weighted by Gasteiger charge is -2.17. The Morgan fingerprint density at radius 1 is 1.00 bits per heavy atom. The van der Waals surface area contributed by atoms with E-state index in [9.17, 15) is 5.11 Å². The molecule has 1 atom stereocenters. The van der Waals surface area contributed by atoms with Crippen molar-refractivity contribution in [2.24, 2.45) is 0 Å². The minimum atomic E-state index is -0.660. The molecule has 0 saturated heterocycles. The molecule has 0 spiro atoms. The molecular weight excluding hydrogens is 355 g/mol. The van der Waals surface area contributed by atoms with Crippen molar-refractivity contribution in [3.05, 3.63) is 51.6 Å². The normalized spacial score (nSPS) is 12.0. The molecule has 0 amide bonds. The van der Waals surface area contributed by atoms with Crippen LogP contribution in [0.4, 0.5) is 0 Å². The van der Waals surface area contributed by atoms with Gasteiger partial charge in [-0.1, -0.05) is 18.2 Å². The number of methoxy groups -OCH3 is 1. The van der Waals surface area contributed by atoms with Crippen LogP contribution in [0.3, 0.4) is 0 Å². The fraction of sp³-hybridized carbons (Fsp3) is 0.200. The molecular formula is C15H15IO3. The average Bonchev–Trinajstić information content (AvgIpc) is 2.40. The van der Waals surface area contributed by atoms with Crippen LogP contribution in [0.1, 0.15) is 18.6 Å². The Balaban J connectivity index is 2.43. The summed E-state index contributed by atoms with van der Waals surface area (Å²) < 4.78 is 12.2. The summed E-state index contributed by atoms with van der Waals surface area (Å²) in [5.74, 6) is 2.00. The minimum Gasteiger partial charge on any atom is -0.496 e. The molecule has 2 rings (SSSR count). The zero-order valence-electron chi connectivity index (χ0n) is 10.8. The monoisotopic (exact) mass is 370 g/mol. The van der Waals surface area contributed by atoms with Crippen LogP contribution in [0.2, 0.25) is 0 Å². The van der Waals surface area contributed by atoms with Crippen LogP contribution in [0.15, 0.2) is 42.5 Å². The van der Waals surface area contributed by atoms with Gasteiger partial charge in [0, 0.05) is 0 Å². The van der Waals surface area contributed by atoms with Crippen LogP contribution >= 0.6 is 22.6 Å². The highest BCUT2D eigenvalue weighted by molar-refractivity contribution is 14.1. The predicted octanol–water partition coefficient (Wildman–Crippen LogP) is 4.15. The van der Waals surface area contributed by atoms with Gasteiger partial charge in [-0.15, -0.1) is 0 Å². The topological polar surface area (TPSA) is 38.7 Å². The molecule has 4 heteroatoms. The van der Waals surface area contributed by atoms with E-state index >= 15 is 0 Å². The van der Waals surface area contributed by atoms with Gasteiger partial charge >= 0.3 is 0 Å². The van der Waals surface area contributed by atoms with Crippen molar-refractivity contribution in [2.45, 2.75) is 13.0 Å². The fourth-order valence-electron chi connectivity index (χ4n) is 1.85. The Morgan fingerprint density at radius 3 is 2.26 bits per heavy atom. The molecule has 0 heterocycles. The van der Waals surface area contributed by atoms with Gasteiger partial charge in [0.2, 0.25) is 0 Å². The van der Waals surface area contributed by atoms with Crippen LogP contribution in [0.25, 0.3) is 0 Å². The van der Waals surface area contributed by atoms with E-state index in [1.807, 2.05) is 42.5 Å². The molecule has 0 bridgehead atoms. The first-order chi connectivity index (χ1) is 9.13. The Labute approximate surface area is 126 Å². The van der Waals surface area contributed by atoms with E-state index in [-0.39, 0.29) is 0 Å². The molecule has 100 valence electrons. The quantitative estimate of drug-likeness (QED) is 0.822. The Hall–Kier alpha value is -1.27. The van der Waals surface area contributed by atoms with E-state index in [1.165, 1.54) is 0 Å². The van der Waals surface area contributed by atoms with Gasteiger partial charge in [0.1, 0.15) is 17.2 Å². The van der Waals surface area contributed by atoms with Crippen LogP contribution in [-0.4, -0.2) is 12.2 Å². The molecule has 2 aromatic rings. The van der Waals surface area contributed by atoms with Gasteiger partial charge in [-0.05, 0) is 53.8 Å². The zero-order chi connectivity index (χ0) is 13.8. The standard InChI is InChI=1S/C15H15IO3/c1-10(17)15-13(18-2)8-5-9-14(15)19-12-7-4-3-6-11(12)16/h3-10,17H,1-2H3/t10-/m1/s1. The first kappa shape index (κ1) is 14.1. The molecule has 1 N–H and O–H groups in total. The molecule has 0 aliphatic heterocycles. The molecule has 0 saturated carbocycles. The second-order valence-corrected chi connectivity index (χ2v) is 5.24. The van der Waals surface area contributed by atoms with Gasteiger partial charge in [0.25, 0.3) is 0 Å². The highest BCUT2D eigenvalue weighted by Gasteiger charge is 2.16. The molecule has 3 nitrogen and oxygen atoms in total. The lowest BCUT2D eigenvalue weighted by molar-refractivity contribution is 0.190. The Morgan fingerprint density at radius 2 is 1.63 bits per heavy atom. The number of para-hydroxylation sites is 1. The maximum absolute atomic E-state index is 9.90. The third-order valence-corrected chi connectivity index (χ3v) is 3.61. The number of aliphatic hydroxyl groups excluding tert-OH is 1. The van der Waals surface area contributed by atoms with Crippen molar-refractivity contribution >= 4 is 22.6 Å². The third kappa shape index (κ3) is 3.19. The lowest BCUT2D eigenvalue weighted by atomic mass is 10.1. The summed E-state index contributed by atoms with van der Waals surface area (Å²) in [6, 6.07) is 13.2. The molecule has 0 aromatic heterocycles. The van der Waals surface area contributed by atoms with Crippen molar-refractivity contribution in [1.29, 1.82) is 0 Å². The molecule has 0 aliphatic rings. The van der Waals surface area contributed by atoms with E-state index in [4.69, 9.17) is 9.47 Å². The smallest absolute Gasteiger partial charge is 0.140 e. The largest absolute Gasteiger partial charge is 0.496 e. The fourth-order valence-corrected chi connectivity index (χ4v) is 2.35. The van der Waals surface area contributed by atoms with E-state index in [1.54, 1.807) is 14.0 Å². The Bertz CT molecular complexity index is 567. The molecule has 0 radical (unpaired) electrons. The number of benzene rings is 2. The molecule has 0 unspecified atom stereocenters. The summed E-state index contributed by atoms with van der Waals surface area (Å²) in [5.41, 5.74) is 0.657. The van der Waals surface area contributed by atoms with E-state index in [0.29, 0.717) is 17.1 Å². The number of rotatable bonds is 4. The highest BCUT2D eigenvalue weighted by atomic mass is 127. The van der Waals surface area contributed by atoms with E-state index in [2.05, 4.69) is 22.6 Å².